The first-order valence-electron chi connectivity index (χ1n) is 23.4. The number of anilines is 1. The smallest absolute Gasteiger partial charge is 0.294 e. The number of carbonyl (C=O) groups excluding carboxylic acids is 2. The van der Waals surface area contributed by atoms with E-state index in [9.17, 15) is 27.7 Å². The molecule has 0 fully saturated rings. The third-order valence-electron chi connectivity index (χ3n) is 13.9. The predicted octanol–water partition coefficient (Wildman–Crippen LogP) is 9.71. The molecule has 0 aromatic heterocycles. The van der Waals surface area contributed by atoms with Crippen LogP contribution in [-0.2, 0) is 37.0 Å². The number of ether oxygens (including phenoxy) is 1. The van der Waals surface area contributed by atoms with Crippen molar-refractivity contribution < 1.29 is 37.0 Å². The van der Waals surface area contributed by atoms with Gasteiger partial charge >= 0.3 is 0 Å². The van der Waals surface area contributed by atoms with Crippen LogP contribution in [0, 0.1) is 27.7 Å². The van der Waals surface area contributed by atoms with Crippen LogP contribution < -0.4 is 20.3 Å². The van der Waals surface area contributed by atoms with Gasteiger partial charge in [0.15, 0.2) is 11.3 Å². The number of fused-ring (bicyclic) bond motifs is 3. The summed E-state index contributed by atoms with van der Waals surface area (Å²) in [5.74, 6) is 0.807. The van der Waals surface area contributed by atoms with Crippen molar-refractivity contribution in [2.75, 3.05) is 37.6 Å². The van der Waals surface area contributed by atoms with Gasteiger partial charge in [-0.05, 0) is 133 Å². The van der Waals surface area contributed by atoms with E-state index in [0.717, 1.165) is 63.4 Å². The lowest BCUT2D eigenvalue weighted by molar-refractivity contribution is -0.438. The Balaban J connectivity index is 1.16. The van der Waals surface area contributed by atoms with Crippen LogP contribution in [-0.4, -0.2) is 78.5 Å². The van der Waals surface area contributed by atoms with Crippen molar-refractivity contribution in [1.29, 1.82) is 0 Å². The van der Waals surface area contributed by atoms with Crippen molar-refractivity contribution >= 4 is 39.0 Å². The Morgan fingerprint density at radius 3 is 2.37 bits per heavy atom. The van der Waals surface area contributed by atoms with Crippen LogP contribution in [0.25, 0.3) is 10.4 Å². The number of hydrogen-bond donors (Lipinski definition) is 4. The molecule has 3 aliphatic rings. The molecule has 0 radical (unpaired) electrons. The van der Waals surface area contributed by atoms with Gasteiger partial charge in [0, 0.05) is 90.4 Å². The maximum absolute atomic E-state index is 13.7. The first-order valence-corrected chi connectivity index (χ1v) is 24.8. The van der Waals surface area contributed by atoms with Crippen molar-refractivity contribution in [2.24, 2.45) is 5.11 Å². The highest BCUT2D eigenvalue weighted by Gasteiger charge is 2.45. The number of allylic oxidation sites excluding steroid dienone is 6. The Morgan fingerprint density at radius 2 is 1.64 bits per heavy atom. The van der Waals surface area contributed by atoms with Gasteiger partial charge in [0.25, 0.3) is 16.0 Å². The minimum Gasteiger partial charge on any atom is -0.507 e. The second-order valence-corrected chi connectivity index (χ2v) is 20.8. The summed E-state index contributed by atoms with van der Waals surface area (Å²) >= 11 is 0. The molecule has 0 aliphatic carbocycles. The molecule has 0 spiro atoms. The summed E-state index contributed by atoms with van der Waals surface area (Å²) < 4.78 is 43.0. The summed E-state index contributed by atoms with van der Waals surface area (Å²) in [5.41, 5.74) is 17.3. The van der Waals surface area contributed by atoms with Crippen molar-refractivity contribution in [1.82, 2.24) is 10.6 Å². The molecule has 2 amide bonds. The number of nitrogens with zero attached hydrogens (tertiary/aromatic N) is 5. The van der Waals surface area contributed by atoms with E-state index in [1.165, 1.54) is 17.2 Å². The minimum atomic E-state index is -4.41. The van der Waals surface area contributed by atoms with Crippen molar-refractivity contribution in [2.45, 2.75) is 135 Å². The van der Waals surface area contributed by atoms with Crippen LogP contribution in [0.2, 0.25) is 0 Å². The molecule has 0 bridgehead atoms. The van der Waals surface area contributed by atoms with E-state index in [-0.39, 0.29) is 22.1 Å². The lowest BCUT2D eigenvalue weighted by atomic mass is 9.81. The van der Waals surface area contributed by atoms with Crippen molar-refractivity contribution in [3.05, 3.63) is 122 Å². The van der Waals surface area contributed by atoms with Gasteiger partial charge in [-0.15, -0.1) is 0 Å². The van der Waals surface area contributed by atoms with Crippen LogP contribution in [0.4, 0.5) is 11.4 Å². The SMILES string of the molecule is Cc1ccc2c(c1)C(C)(C)C(=CC=CC=CC1=[N+](CCCCCC(=O)NCCCN=[N+]=[N-])c3ccc(S(=O)(=O)O)cc3C1(C)C)N2CCCNC(=O)C1(C)CCc2c(C)c(O)c(C)c(C)c2O1. The fraction of sp³-hybridized carbons (Fsp3) is 0.481. The number of nitrogens with one attached hydrogen (secondary N) is 2. The Kier molecular flexibility index (Phi) is 15.5. The number of azide groups is 1. The lowest BCUT2D eigenvalue weighted by Crippen LogP contribution is -2.51. The highest BCUT2D eigenvalue weighted by molar-refractivity contribution is 7.85. The molecule has 15 heteroatoms. The zero-order valence-corrected chi connectivity index (χ0v) is 41.4. The summed E-state index contributed by atoms with van der Waals surface area (Å²) in [6.45, 7) is 20.8. The molecule has 4 N–H and O–H groups in total. The van der Waals surface area contributed by atoms with Gasteiger partial charge in [0.2, 0.25) is 11.6 Å². The monoisotopic (exact) mass is 934 g/mol. The zero-order chi connectivity index (χ0) is 48.9. The maximum atomic E-state index is 13.7. The second-order valence-electron chi connectivity index (χ2n) is 19.4. The fourth-order valence-corrected chi connectivity index (χ4v) is 10.2. The number of amides is 2. The van der Waals surface area contributed by atoms with Gasteiger partial charge in [-0.2, -0.15) is 13.0 Å². The molecule has 3 aromatic rings. The predicted molar refractivity (Wildman–Crippen MR) is 264 cm³/mol. The minimum absolute atomic E-state index is 0.0361. The van der Waals surface area contributed by atoms with Crippen LogP contribution in [0.1, 0.15) is 119 Å². The van der Waals surface area contributed by atoms with E-state index in [1.54, 1.807) is 12.1 Å². The first kappa shape index (κ1) is 50.5. The Bertz CT molecular complexity index is 2710. The van der Waals surface area contributed by atoms with E-state index in [0.29, 0.717) is 82.7 Å². The van der Waals surface area contributed by atoms with E-state index in [4.69, 9.17) is 10.3 Å². The van der Waals surface area contributed by atoms with Crippen molar-refractivity contribution in [3.8, 4) is 11.5 Å². The fourth-order valence-electron chi connectivity index (χ4n) is 9.72. The van der Waals surface area contributed by atoms with Crippen LogP contribution in [0.15, 0.2) is 82.5 Å². The van der Waals surface area contributed by atoms with Gasteiger partial charge < -0.3 is 25.4 Å². The molecule has 14 nitrogen and oxygen atoms in total. The summed E-state index contributed by atoms with van der Waals surface area (Å²) in [7, 11) is -4.41. The highest BCUT2D eigenvalue weighted by atomic mass is 32.2. The number of benzene rings is 3. The van der Waals surface area contributed by atoms with Gasteiger partial charge in [-0.25, -0.2) is 0 Å². The van der Waals surface area contributed by atoms with E-state index >= 15 is 0 Å². The molecule has 1 atom stereocenters. The summed E-state index contributed by atoms with van der Waals surface area (Å²) in [6.07, 6.45) is 15.4. The average molecular weight is 935 g/mol. The Morgan fingerprint density at radius 1 is 0.896 bits per heavy atom. The van der Waals surface area contributed by atoms with Crippen LogP contribution >= 0.6 is 0 Å². The summed E-state index contributed by atoms with van der Waals surface area (Å²) in [6, 6.07) is 11.3. The molecule has 0 saturated carbocycles. The van der Waals surface area contributed by atoms with Crippen LogP contribution in [0.3, 0.4) is 0 Å². The summed E-state index contributed by atoms with van der Waals surface area (Å²) in [4.78, 5) is 31.0. The molecule has 6 rings (SSSR count). The molecule has 3 aliphatic heterocycles. The topological polar surface area (TPSA) is 197 Å². The number of hydrogen-bond acceptors (Lipinski definition) is 8. The normalized spacial score (nSPS) is 18.8. The number of aryl methyl sites for hydroxylation is 1. The molecule has 0 saturated heterocycles. The average Bonchev–Trinajstić information content (AvgIpc) is 3.62. The number of phenols is 1. The third kappa shape index (κ3) is 10.8. The van der Waals surface area contributed by atoms with E-state index < -0.39 is 21.1 Å². The number of rotatable bonds is 19. The largest absolute Gasteiger partial charge is 0.507 e. The number of carbonyl (C=O) groups is 2. The maximum Gasteiger partial charge on any atom is 0.294 e. The van der Waals surface area contributed by atoms with E-state index in [2.05, 4.69) is 81.3 Å². The van der Waals surface area contributed by atoms with Crippen molar-refractivity contribution in [3.63, 3.8) is 0 Å². The van der Waals surface area contributed by atoms with Gasteiger partial charge in [-0.1, -0.05) is 54.9 Å². The highest BCUT2D eigenvalue weighted by Crippen LogP contribution is 2.48. The van der Waals surface area contributed by atoms with Gasteiger partial charge in [-0.3, -0.25) is 14.1 Å². The molecule has 1 unspecified atom stereocenters. The Hall–Kier alpha value is -5.89. The molecular weight excluding hydrogens is 867 g/mol. The lowest BCUT2D eigenvalue weighted by Gasteiger charge is -2.36. The molecule has 358 valence electrons. The zero-order valence-electron chi connectivity index (χ0n) is 40.6. The standard InChI is InChI=1S/C52H67N7O7S/c1-34-21-23-42-40(32-34)50(5,6)44(59(42)31-17-28-55-49(62)52(9)26-25-39-37(4)47(61)35(2)36(3)48(39)66-52)18-12-10-13-19-45-51(7,8)41-33-38(67(63,64)65)22-24-43(41)58(45)30-15-11-14-20-46(60)54-27-16-29-56-57-53/h10,12-13,18-19,21-24,32-33H,11,14-17,20,25-31H2,1-9H3,(H3-,54,55,60,61,62,63,64,65)/p+1. The quantitative estimate of drug-likeness (QED) is 0.0173. The Labute approximate surface area is 396 Å². The number of phenolic OH excluding ortho intramolecular Hbond substituents is 1. The number of unbranched alkanes of at least 4 members (excludes halogenated alkanes) is 2. The number of aromatic hydroxyl groups is 1. The molecule has 3 aromatic carbocycles. The van der Waals surface area contributed by atoms with Crippen LogP contribution in [0.5, 0.6) is 11.5 Å². The van der Waals surface area contributed by atoms with E-state index in [1.807, 2.05) is 59.8 Å². The first-order chi connectivity index (χ1) is 31.6. The second kappa shape index (κ2) is 20.5. The molecule has 3 heterocycles. The molecule has 67 heavy (non-hydrogen) atoms. The van der Waals surface area contributed by atoms with Gasteiger partial charge in [0.1, 0.15) is 18.0 Å². The molecular formula is C52H68N7O7S+. The third-order valence-corrected chi connectivity index (χ3v) is 14.7. The van der Waals surface area contributed by atoms with Gasteiger partial charge in [0.05, 0.1) is 10.3 Å². The summed E-state index contributed by atoms with van der Waals surface area (Å²) in [5, 5.41) is 20.2.